The Balaban J connectivity index is 1.69. The van der Waals surface area contributed by atoms with Crippen LogP contribution >= 0.6 is 0 Å². The largest absolute Gasteiger partial charge is 0.418 e. The van der Waals surface area contributed by atoms with Crippen LogP contribution in [0.3, 0.4) is 0 Å². The number of carbonyl (C=O) groups is 1. The number of nitrogens with zero attached hydrogens (tertiary/aromatic N) is 4. The van der Waals surface area contributed by atoms with E-state index in [0.29, 0.717) is 5.95 Å². The first-order chi connectivity index (χ1) is 12.9. The van der Waals surface area contributed by atoms with Gasteiger partial charge in [-0.25, -0.2) is 9.97 Å². The van der Waals surface area contributed by atoms with Gasteiger partial charge in [0.05, 0.1) is 16.8 Å². The maximum Gasteiger partial charge on any atom is 0.418 e. The monoisotopic (exact) mass is 379 g/mol. The minimum absolute atomic E-state index is 0.0999. The second kappa shape index (κ2) is 7.91. The number of hydrogen-bond donors (Lipinski definition) is 1. The first kappa shape index (κ1) is 19.1. The summed E-state index contributed by atoms with van der Waals surface area (Å²) < 4.78 is 39.1. The number of benzene rings is 1. The van der Waals surface area contributed by atoms with Gasteiger partial charge in [-0.2, -0.15) is 13.2 Å². The molecular weight excluding hydrogens is 359 g/mol. The molecule has 9 heteroatoms. The highest BCUT2D eigenvalue weighted by atomic mass is 19.4. The molecule has 0 spiro atoms. The SMILES string of the molecule is CCN1CCN(c2ncc(C(=O)Nc3ccccc3C(F)(F)F)cn2)CC1. The van der Waals surface area contributed by atoms with Crippen LogP contribution in [0.2, 0.25) is 0 Å². The van der Waals surface area contributed by atoms with E-state index in [0.717, 1.165) is 38.8 Å². The number of rotatable bonds is 4. The number of alkyl halides is 3. The standard InChI is InChI=1S/C18H20F3N5O/c1-2-25-7-9-26(10-8-25)17-22-11-13(12-23-17)16(27)24-15-6-4-3-5-14(15)18(19,20)21/h3-6,11-12H,2,7-10H2,1H3,(H,24,27). The molecule has 0 atom stereocenters. The smallest absolute Gasteiger partial charge is 0.338 e. The molecule has 2 heterocycles. The Hall–Kier alpha value is -2.68. The molecule has 1 aliphatic rings. The van der Waals surface area contributed by atoms with Gasteiger partial charge in [0.2, 0.25) is 5.95 Å². The van der Waals surface area contributed by atoms with Gasteiger partial charge in [0.25, 0.3) is 5.91 Å². The molecular formula is C18H20F3N5O. The first-order valence-electron chi connectivity index (χ1n) is 8.65. The second-order valence-electron chi connectivity index (χ2n) is 6.19. The van der Waals surface area contributed by atoms with Gasteiger partial charge in [-0.15, -0.1) is 0 Å². The van der Waals surface area contributed by atoms with Gasteiger partial charge in [0.1, 0.15) is 0 Å². The molecule has 2 aromatic rings. The number of anilines is 2. The van der Waals surface area contributed by atoms with E-state index in [9.17, 15) is 18.0 Å². The average Bonchev–Trinajstić information content (AvgIpc) is 2.68. The van der Waals surface area contributed by atoms with E-state index in [4.69, 9.17) is 0 Å². The van der Waals surface area contributed by atoms with Crippen LogP contribution in [0, 0.1) is 0 Å². The van der Waals surface area contributed by atoms with Crippen LogP contribution in [0.5, 0.6) is 0 Å². The summed E-state index contributed by atoms with van der Waals surface area (Å²) >= 11 is 0. The molecule has 1 fully saturated rings. The third kappa shape index (κ3) is 4.54. The van der Waals surface area contributed by atoms with Crippen molar-refractivity contribution in [2.45, 2.75) is 13.1 Å². The van der Waals surface area contributed by atoms with Crippen molar-refractivity contribution in [1.29, 1.82) is 0 Å². The summed E-state index contributed by atoms with van der Waals surface area (Å²) in [5.41, 5.74) is -1.10. The molecule has 3 rings (SSSR count). The normalized spacial score (nSPS) is 15.6. The summed E-state index contributed by atoms with van der Waals surface area (Å²) in [6.45, 7) is 6.51. The van der Waals surface area contributed by atoms with Gasteiger partial charge >= 0.3 is 6.18 Å². The Kier molecular flexibility index (Phi) is 5.59. The molecule has 0 unspecified atom stereocenters. The van der Waals surface area contributed by atoms with E-state index >= 15 is 0 Å². The summed E-state index contributed by atoms with van der Waals surface area (Å²) in [6.07, 6.45) is -1.88. The maximum atomic E-state index is 13.0. The van der Waals surface area contributed by atoms with Crippen molar-refractivity contribution in [3.05, 3.63) is 47.8 Å². The van der Waals surface area contributed by atoms with Crippen LogP contribution in [0.25, 0.3) is 0 Å². The van der Waals surface area contributed by atoms with Crippen molar-refractivity contribution >= 4 is 17.5 Å². The Morgan fingerprint density at radius 2 is 1.74 bits per heavy atom. The molecule has 27 heavy (non-hydrogen) atoms. The highest BCUT2D eigenvalue weighted by Gasteiger charge is 2.33. The number of halogens is 3. The second-order valence-corrected chi connectivity index (χ2v) is 6.19. The lowest BCUT2D eigenvalue weighted by Gasteiger charge is -2.33. The molecule has 1 aromatic carbocycles. The molecule has 1 N–H and O–H groups in total. The topological polar surface area (TPSA) is 61.4 Å². The number of amides is 1. The molecule has 1 saturated heterocycles. The van der Waals surface area contributed by atoms with E-state index < -0.39 is 17.6 Å². The zero-order valence-corrected chi connectivity index (χ0v) is 14.8. The summed E-state index contributed by atoms with van der Waals surface area (Å²) in [5.74, 6) is -0.174. The minimum Gasteiger partial charge on any atom is -0.338 e. The van der Waals surface area contributed by atoms with Crippen LogP contribution in [-0.2, 0) is 6.18 Å². The molecule has 0 radical (unpaired) electrons. The van der Waals surface area contributed by atoms with Crippen molar-refractivity contribution in [2.24, 2.45) is 0 Å². The van der Waals surface area contributed by atoms with E-state index in [-0.39, 0.29) is 11.3 Å². The molecule has 0 saturated carbocycles. The molecule has 1 aromatic heterocycles. The predicted molar refractivity (Wildman–Crippen MR) is 95.8 cm³/mol. The number of likely N-dealkylation sites (N-methyl/N-ethyl adjacent to an activating group) is 1. The van der Waals surface area contributed by atoms with Crippen LogP contribution in [0.15, 0.2) is 36.7 Å². The molecule has 6 nitrogen and oxygen atoms in total. The van der Waals surface area contributed by atoms with Crippen molar-refractivity contribution in [2.75, 3.05) is 42.9 Å². The molecule has 144 valence electrons. The van der Waals surface area contributed by atoms with E-state index in [2.05, 4.69) is 27.1 Å². The lowest BCUT2D eigenvalue weighted by molar-refractivity contribution is -0.136. The average molecular weight is 379 g/mol. The van der Waals surface area contributed by atoms with Crippen molar-refractivity contribution in [3.8, 4) is 0 Å². The van der Waals surface area contributed by atoms with Crippen molar-refractivity contribution in [3.63, 3.8) is 0 Å². The zero-order valence-electron chi connectivity index (χ0n) is 14.8. The van der Waals surface area contributed by atoms with Crippen molar-refractivity contribution < 1.29 is 18.0 Å². The Morgan fingerprint density at radius 1 is 1.11 bits per heavy atom. The highest BCUT2D eigenvalue weighted by molar-refractivity contribution is 6.04. The summed E-state index contributed by atoms with van der Waals surface area (Å²) in [7, 11) is 0. The molecule has 1 amide bonds. The Morgan fingerprint density at radius 3 is 2.33 bits per heavy atom. The molecule has 0 aliphatic carbocycles. The molecule has 1 aliphatic heterocycles. The van der Waals surface area contributed by atoms with Gasteiger partial charge in [0, 0.05) is 38.6 Å². The minimum atomic E-state index is -4.55. The number of carbonyl (C=O) groups excluding carboxylic acids is 1. The fraction of sp³-hybridized carbons (Fsp3) is 0.389. The van der Waals surface area contributed by atoms with E-state index in [1.54, 1.807) is 0 Å². The van der Waals surface area contributed by atoms with Crippen LogP contribution in [0.1, 0.15) is 22.8 Å². The maximum absolute atomic E-state index is 13.0. The predicted octanol–water partition coefficient (Wildman–Crippen LogP) is 2.89. The number of hydrogen-bond acceptors (Lipinski definition) is 5. The number of nitrogens with one attached hydrogen (secondary N) is 1. The Bertz CT molecular complexity index is 786. The highest BCUT2D eigenvalue weighted by Crippen LogP contribution is 2.34. The van der Waals surface area contributed by atoms with Gasteiger partial charge in [-0.3, -0.25) is 4.79 Å². The van der Waals surface area contributed by atoms with Crippen molar-refractivity contribution in [1.82, 2.24) is 14.9 Å². The first-order valence-corrected chi connectivity index (χ1v) is 8.65. The number of para-hydroxylation sites is 1. The summed E-state index contributed by atoms with van der Waals surface area (Å²) in [5, 5.41) is 2.29. The lowest BCUT2D eigenvalue weighted by Crippen LogP contribution is -2.46. The number of piperazine rings is 1. The van der Waals surface area contributed by atoms with E-state index in [1.165, 1.54) is 30.6 Å². The fourth-order valence-electron chi connectivity index (χ4n) is 2.90. The lowest BCUT2D eigenvalue weighted by atomic mass is 10.1. The Labute approximate surface area is 155 Å². The molecule has 0 bridgehead atoms. The number of aromatic nitrogens is 2. The van der Waals surface area contributed by atoms with Crippen LogP contribution in [0.4, 0.5) is 24.8 Å². The summed E-state index contributed by atoms with van der Waals surface area (Å²) in [6, 6.07) is 4.84. The van der Waals surface area contributed by atoms with Crippen LogP contribution < -0.4 is 10.2 Å². The van der Waals surface area contributed by atoms with Gasteiger partial charge in [-0.05, 0) is 18.7 Å². The summed E-state index contributed by atoms with van der Waals surface area (Å²) in [4.78, 5) is 25.0. The zero-order chi connectivity index (χ0) is 19.4. The van der Waals surface area contributed by atoms with E-state index in [1.807, 2.05) is 4.90 Å². The fourth-order valence-corrected chi connectivity index (χ4v) is 2.90. The third-order valence-corrected chi connectivity index (χ3v) is 4.48. The third-order valence-electron chi connectivity index (χ3n) is 4.48. The van der Waals surface area contributed by atoms with Gasteiger partial charge in [0.15, 0.2) is 0 Å². The van der Waals surface area contributed by atoms with Crippen LogP contribution in [-0.4, -0.2) is 53.5 Å². The van der Waals surface area contributed by atoms with Gasteiger partial charge < -0.3 is 15.1 Å². The quantitative estimate of drug-likeness (QED) is 0.885. The van der Waals surface area contributed by atoms with Gasteiger partial charge in [-0.1, -0.05) is 19.1 Å².